The van der Waals surface area contributed by atoms with Crippen molar-refractivity contribution in [3.05, 3.63) is 117 Å². The zero-order chi connectivity index (χ0) is 37.7. The first-order chi connectivity index (χ1) is 26.3. The maximum Gasteiger partial charge on any atom is 0.338 e. The molecule has 0 unspecified atom stereocenters. The Balaban J connectivity index is 1.01. The van der Waals surface area contributed by atoms with Gasteiger partial charge < -0.3 is 30.7 Å². The second-order valence-corrected chi connectivity index (χ2v) is 15.4. The van der Waals surface area contributed by atoms with E-state index >= 15 is 0 Å². The Morgan fingerprint density at radius 3 is 1.87 bits per heavy atom. The van der Waals surface area contributed by atoms with E-state index in [2.05, 4.69) is 49.3 Å². The fourth-order valence-electron chi connectivity index (χ4n) is 7.43. The van der Waals surface area contributed by atoms with Crippen molar-refractivity contribution in [3.8, 4) is 0 Å². The quantitative estimate of drug-likeness (QED) is 0.0832. The van der Waals surface area contributed by atoms with Crippen LogP contribution in [0.1, 0.15) is 103 Å². The Labute approximate surface area is 327 Å². The van der Waals surface area contributed by atoms with Gasteiger partial charge in [-0.05, 0) is 130 Å². The van der Waals surface area contributed by atoms with E-state index in [1.165, 1.54) is 31.4 Å². The van der Waals surface area contributed by atoms with E-state index in [4.69, 9.17) is 9.47 Å². The second kappa shape index (κ2) is 19.7. The molecule has 6 rings (SSSR count). The summed E-state index contributed by atoms with van der Waals surface area (Å²) in [4.78, 5) is 25.7. The minimum atomic E-state index is -0.378. The standard InChI is InChI=1S/C44H52BrFN4O4/c1-2-53-43(51)33-15-21-40(42(26-33)48-29-32-7-6-8-36(46)25-32)50-38-19-13-30(14-20-38)23-24-54-44(52)34-16-22-39(49-37-9-4-3-5-10-37)41(27-34)47-28-31-11-17-35(45)18-12-31/h6-8,11-12,15-18,21-22,25-27,30,37-38,47-50H,2-5,9-10,13-14,19-20,23-24,28-29H2,1H3. The number of nitrogens with one attached hydrogen (secondary N) is 4. The summed E-state index contributed by atoms with van der Waals surface area (Å²) in [5.74, 6) is -0.495. The van der Waals surface area contributed by atoms with Gasteiger partial charge in [0.15, 0.2) is 0 Å². The van der Waals surface area contributed by atoms with E-state index in [-0.39, 0.29) is 23.8 Å². The topological polar surface area (TPSA) is 101 Å². The molecule has 286 valence electrons. The van der Waals surface area contributed by atoms with Gasteiger partial charge in [0.1, 0.15) is 5.82 Å². The van der Waals surface area contributed by atoms with Crippen molar-refractivity contribution in [3.63, 3.8) is 0 Å². The minimum absolute atomic E-state index is 0.260. The highest BCUT2D eigenvalue weighted by atomic mass is 79.9. The maximum absolute atomic E-state index is 13.8. The van der Waals surface area contributed by atoms with Gasteiger partial charge in [0, 0.05) is 29.6 Å². The molecule has 0 radical (unpaired) electrons. The van der Waals surface area contributed by atoms with Crippen LogP contribution in [0, 0.1) is 11.7 Å². The lowest BCUT2D eigenvalue weighted by atomic mass is 9.84. The number of hydrogen-bond donors (Lipinski definition) is 4. The minimum Gasteiger partial charge on any atom is -0.462 e. The van der Waals surface area contributed by atoms with E-state index in [1.807, 2.05) is 42.5 Å². The predicted molar refractivity (Wildman–Crippen MR) is 219 cm³/mol. The number of benzene rings is 4. The first-order valence-corrected chi connectivity index (χ1v) is 20.2. The van der Waals surface area contributed by atoms with Crippen molar-refractivity contribution in [2.75, 3.05) is 34.5 Å². The molecule has 4 aromatic carbocycles. The van der Waals surface area contributed by atoms with Crippen molar-refractivity contribution < 1.29 is 23.5 Å². The summed E-state index contributed by atoms with van der Waals surface area (Å²) < 4.78 is 25.9. The molecular formula is C44H52BrFN4O4. The lowest BCUT2D eigenvalue weighted by Gasteiger charge is -2.30. The third-order valence-electron chi connectivity index (χ3n) is 10.5. The monoisotopic (exact) mass is 798 g/mol. The Hall–Kier alpha value is -4.57. The molecule has 0 bridgehead atoms. The third-order valence-corrected chi connectivity index (χ3v) is 11.0. The molecule has 54 heavy (non-hydrogen) atoms. The van der Waals surface area contributed by atoms with Crippen molar-refractivity contribution in [1.29, 1.82) is 0 Å². The number of carbonyl (C=O) groups is 2. The smallest absolute Gasteiger partial charge is 0.338 e. The summed E-state index contributed by atoms with van der Waals surface area (Å²) >= 11 is 3.51. The lowest BCUT2D eigenvalue weighted by Crippen LogP contribution is -2.27. The van der Waals surface area contributed by atoms with Crippen LogP contribution in [0.5, 0.6) is 0 Å². The van der Waals surface area contributed by atoms with Gasteiger partial charge in [-0.2, -0.15) is 0 Å². The Morgan fingerprint density at radius 2 is 1.26 bits per heavy atom. The van der Waals surface area contributed by atoms with Crippen LogP contribution in [0.4, 0.5) is 27.1 Å². The van der Waals surface area contributed by atoms with Crippen LogP contribution in [0.15, 0.2) is 89.4 Å². The molecule has 10 heteroatoms. The second-order valence-electron chi connectivity index (χ2n) is 14.5. The number of ether oxygens (including phenoxy) is 2. The normalized spacial score (nSPS) is 17.3. The van der Waals surface area contributed by atoms with Gasteiger partial charge in [0.05, 0.1) is 47.1 Å². The molecule has 4 aromatic rings. The molecule has 0 spiro atoms. The van der Waals surface area contributed by atoms with Crippen molar-refractivity contribution >= 4 is 50.6 Å². The number of halogens is 2. The molecule has 2 aliphatic rings. The molecule has 0 amide bonds. The molecule has 2 saturated carbocycles. The summed E-state index contributed by atoms with van der Waals surface area (Å²) in [7, 11) is 0. The Bertz CT molecular complexity index is 1840. The molecule has 0 saturated heterocycles. The van der Waals surface area contributed by atoms with Crippen molar-refractivity contribution in [1.82, 2.24) is 0 Å². The summed E-state index contributed by atoms with van der Waals surface area (Å²) in [6, 6.07) is 26.7. The average molecular weight is 800 g/mol. The molecule has 0 aliphatic heterocycles. The molecule has 0 atom stereocenters. The van der Waals surface area contributed by atoms with Crippen molar-refractivity contribution in [2.24, 2.45) is 5.92 Å². The molecule has 4 N–H and O–H groups in total. The molecule has 0 heterocycles. The number of carbonyl (C=O) groups excluding carboxylic acids is 2. The fraction of sp³-hybridized carbons (Fsp3) is 0.409. The zero-order valence-corrected chi connectivity index (χ0v) is 32.7. The number of rotatable bonds is 16. The van der Waals surface area contributed by atoms with E-state index < -0.39 is 0 Å². The Kier molecular flexibility index (Phi) is 14.3. The van der Waals surface area contributed by atoms with E-state index in [0.29, 0.717) is 49.4 Å². The highest BCUT2D eigenvalue weighted by Gasteiger charge is 2.23. The first-order valence-electron chi connectivity index (χ1n) is 19.4. The summed E-state index contributed by atoms with van der Waals surface area (Å²) in [5.41, 5.74) is 6.56. The van der Waals surface area contributed by atoms with E-state index in [9.17, 15) is 14.0 Å². The zero-order valence-electron chi connectivity index (χ0n) is 31.1. The molecule has 0 aromatic heterocycles. The number of hydrogen-bond acceptors (Lipinski definition) is 8. The van der Waals surface area contributed by atoms with Gasteiger partial charge in [0.25, 0.3) is 0 Å². The van der Waals surface area contributed by atoms with Gasteiger partial charge >= 0.3 is 11.9 Å². The highest BCUT2D eigenvalue weighted by molar-refractivity contribution is 9.10. The van der Waals surface area contributed by atoms with E-state index in [1.54, 1.807) is 25.1 Å². The van der Waals surface area contributed by atoms with Crippen molar-refractivity contribution in [2.45, 2.75) is 96.3 Å². The van der Waals surface area contributed by atoms with Gasteiger partial charge in [-0.25, -0.2) is 14.0 Å². The predicted octanol–water partition coefficient (Wildman–Crippen LogP) is 11.0. The summed E-state index contributed by atoms with van der Waals surface area (Å²) in [5, 5.41) is 14.4. The highest BCUT2D eigenvalue weighted by Crippen LogP contribution is 2.33. The van der Waals surface area contributed by atoms with Crippen LogP contribution < -0.4 is 21.3 Å². The fourth-order valence-corrected chi connectivity index (χ4v) is 7.69. The van der Waals surface area contributed by atoms with Gasteiger partial charge in [-0.3, -0.25) is 0 Å². The van der Waals surface area contributed by atoms with Crippen LogP contribution >= 0.6 is 15.9 Å². The number of esters is 2. The van der Waals surface area contributed by atoms with Crippen LogP contribution in [0.3, 0.4) is 0 Å². The summed E-state index contributed by atoms with van der Waals surface area (Å²) in [6.07, 6.45) is 10.9. The largest absolute Gasteiger partial charge is 0.462 e. The van der Waals surface area contributed by atoms with Crippen LogP contribution in [0.2, 0.25) is 0 Å². The summed E-state index contributed by atoms with van der Waals surface area (Å²) in [6.45, 7) is 3.52. The molecular weight excluding hydrogens is 747 g/mol. The number of anilines is 4. The lowest BCUT2D eigenvalue weighted by molar-refractivity contribution is 0.0472. The molecule has 8 nitrogen and oxygen atoms in total. The third kappa shape index (κ3) is 11.5. The van der Waals surface area contributed by atoms with Crippen LogP contribution in [-0.2, 0) is 22.6 Å². The van der Waals surface area contributed by atoms with Gasteiger partial charge in [0.2, 0.25) is 0 Å². The van der Waals surface area contributed by atoms with Gasteiger partial charge in [-0.15, -0.1) is 0 Å². The van der Waals surface area contributed by atoms with Crippen LogP contribution in [-0.4, -0.2) is 37.2 Å². The SMILES string of the molecule is CCOC(=O)c1ccc(NC2CCC(CCOC(=O)c3ccc(NC4CCCCC4)c(NCc4ccc(Br)cc4)c3)CC2)c(NCc2cccc(F)c2)c1. The molecule has 2 aliphatic carbocycles. The average Bonchev–Trinajstić information content (AvgIpc) is 3.19. The van der Waals surface area contributed by atoms with Crippen LogP contribution in [0.25, 0.3) is 0 Å². The van der Waals surface area contributed by atoms with E-state index in [0.717, 1.165) is 83.3 Å². The Morgan fingerprint density at radius 1 is 0.667 bits per heavy atom. The van der Waals surface area contributed by atoms with Gasteiger partial charge in [-0.1, -0.05) is 59.5 Å². The first kappa shape index (κ1) is 39.1. The maximum atomic E-state index is 13.8. The molecule has 2 fully saturated rings.